The molecule has 1 spiro atoms. The minimum absolute atomic E-state index is 0.00896. The Bertz CT molecular complexity index is 639. The Labute approximate surface area is 161 Å². The zero-order valence-electron chi connectivity index (χ0n) is 16.7. The number of allylic oxidation sites excluding steroid dienone is 1. The molecule has 1 atom stereocenters. The van der Waals surface area contributed by atoms with Crippen LogP contribution in [0.25, 0.3) is 0 Å². The summed E-state index contributed by atoms with van der Waals surface area (Å²) in [4.78, 5) is 43.0. The number of piperidine rings is 2. The highest BCUT2D eigenvalue weighted by molar-refractivity contribution is 6.06. The Morgan fingerprint density at radius 3 is 2.44 bits per heavy atom. The van der Waals surface area contributed by atoms with Gasteiger partial charge in [0.1, 0.15) is 0 Å². The molecule has 3 saturated heterocycles. The van der Waals surface area contributed by atoms with Gasteiger partial charge in [-0.1, -0.05) is 6.58 Å². The van der Waals surface area contributed by atoms with Crippen molar-refractivity contribution in [1.82, 2.24) is 14.7 Å². The van der Waals surface area contributed by atoms with E-state index in [9.17, 15) is 14.4 Å². The lowest BCUT2D eigenvalue weighted by Crippen LogP contribution is -2.54. The van der Waals surface area contributed by atoms with Gasteiger partial charge in [-0.3, -0.25) is 19.4 Å². The molecule has 3 rings (SSSR count). The lowest BCUT2D eigenvalue weighted by molar-refractivity contribution is -0.145. The van der Waals surface area contributed by atoms with Crippen molar-refractivity contribution in [3.05, 3.63) is 12.3 Å². The maximum Gasteiger partial charge on any atom is 0.414 e. The van der Waals surface area contributed by atoms with Gasteiger partial charge in [-0.15, -0.1) is 0 Å². The molecule has 0 aromatic rings. The van der Waals surface area contributed by atoms with Gasteiger partial charge in [0.15, 0.2) is 0 Å². The standard InChI is InChI=1S/C20H31N3O4/c1-14(2)23-17(24)12-20(18(23)25)8-5-9-22(13-20)16-6-10-21(11-7-16)19(26)27-15(3)4/h14,16H,3,5-13H2,1-2,4H3. The molecule has 3 fully saturated rings. The number of nitrogens with zero attached hydrogens (tertiary/aromatic N) is 3. The first-order valence-corrected chi connectivity index (χ1v) is 9.96. The minimum Gasteiger partial charge on any atom is -0.416 e. The summed E-state index contributed by atoms with van der Waals surface area (Å²) in [7, 11) is 0. The molecule has 0 bridgehead atoms. The summed E-state index contributed by atoms with van der Waals surface area (Å²) in [6, 6.07) is 0.259. The molecule has 27 heavy (non-hydrogen) atoms. The minimum atomic E-state index is -0.546. The summed E-state index contributed by atoms with van der Waals surface area (Å²) in [5, 5.41) is 0. The van der Waals surface area contributed by atoms with Crippen LogP contribution in [0.3, 0.4) is 0 Å². The average molecular weight is 377 g/mol. The summed E-state index contributed by atoms with van der Waals surface area (Å²) in [6.45, 7) is 12.0. The summed E-state index contributed by atoms with van der Waals surface area (Å²) < 4.78 is 5.10. The van der Waals surface area contributed by atoms with Crippen LogP contribution in [-0.4, -0.2) is 70.9 Å². The van der Waals surface area contributed by atoms with Crippen LogP contribution < -0.4 is 0 Å². The summed E-state index contributed by atoms with van der Waals surface area (Å²) >= 11 is 0. The zero-order chi connectivity index (χ0) is 19.8. The first-order chi connectivity index (χ1) is 12.7. The number of carbonyl (C=O) groups is 3. The van der Waals surface area contributed by atoms with Crippen molar-refractivity contribution in [2.75, 3.05) is 26.2 Å². The molecule has 3 heterocycles. The first-order valence-electron chi connectivity index (χ1n) is 9.96. The van der Waals surface area contributed by atoms with Crippen LogP contribution in [0.5, 0.6) is 0 Å². The van der Waals surface area contributed by atoms with E-state index in [0.29, 0.717) is 37.9 Å². The lowest BCUT2D eigenvalue weighted by atomic mass is 9.77. The molecule has 150 valence electrons. The van der Waals surface area contributed by atoms with Gasteiger partial charge >= 0.3 is 6.09 Å². The molecule has 3 aliphatic heterocycles. The zero-order valence-corrected chi connectivity index (χ0v) is 16.7. The molecule has 7 heteroatoms. The second-order valence-electron chi connectivity index (χ2n) is 8.48. The molecule has 7 nitrogen and oxygen atoms in total. The number of ether oxygens (including phenoxy) is 1. The van der Waals surface area contributed by atoms with Gasteiger partial charge < -0.3 is 9.64 Å². The van der Waals surface area contributed by atoms with Crippen LogP contribution in [0.15, 0.2) is 12.3 Å². The van der Waals surface area contributed by atoms with Crippen LogP contribution in [0, 0.1) is 5.41 Å². The van der Waals surface area contributed by atoms with Crippen molar-refractivity contribution in [3.8, 4) is 0 Å². The number of hydrogen-bond acceptors (Lipinski definition) is 5. The van der Waals surface area contributed by atoms with Gasteiger partial charge in [0.2, 0.25) is 11.8 Å². The number of rotatable bonds is 3. The van der Waals surface area contributed by atoms with Crippen molar-refractivity contribution < 1.29 is 19.1 Å². The van der Waals surface area contributed by atoms with Gasteiger partial charge in [0.25, 0.3) is 0 Å². The first kappa shape index (κ1) is 19.9. The predicted octanol–water partition coefficient (Wildman–Crippen LogP) is 2.37. The van der Waals surface area contributed by atoms with E-state index >= 15 is 0 Å². The normalized spacial score (nSPS) is 27.7. The van der Waals surface area contributed by atoms with Gasteiger partial charge in [0, 0.05) is 38.1 Å². The molecule has 0 aromatic carbocycles. The molecular weight excluding hydrogens is 346 g/mol. The molecule has 3 amide bonds. The van der Waals surface area contributed by atoms with Crippen LogP contribution in [0.1, 0.15) is 52.9 Å². The van der Waals surface area contributed by atoms with Crippen molar-refractivity contribution in [3.63, 3.8) is 0 Å². The Morgan fingerprint density at radius 1 is 1.22 bits per heavy atom. The number of imide groups is 1. The van der Waals surface area contributed by atoms with E-state index in [1.165, 1.54) is 4.90 Å². The smallest absolute Gasteiger partial charge is 0.414 e. The van der Waals surface area contributed by atoms with Gasteiger partial charge in [0.05, 0.1) is 11.2 Å². The predicted molar refractivity (Wildman–Crippen MR) is 101 cm³/mol. The monoisotopic (exact) mass is 377 g/mol. The Morgan fingerprint density at radius 2 is 1.89 bits per heavy atom. The van der Waals surface area contributed by atoms with Gasteiger partial charge in [-0.05, 0) is 53.0 Å². The van der Waals surface area contributed by atoms with E-state index < -0.39 is 5.41 Å². The molecule has 0 N–H and O–H groups in total. The van der Waals surface area contributed by atoms with Gasteiger partial charge in [-0.25, -0.2) is 4.79 Å². The number of carbonyl (C=O) groups excluding carboxylic acids is 3. The van der Waals surface area contributed by atoms with E-state index in [1.807, 2.05) is 13.8 Å². The van der Waals surface area contributed by atoms with E-state index in [2.05, 4.69) is 11.5 Å². The molecule has 0 aliphatic carbocycles. The average Bonchev–Trinajstić information content (AvgIpc) is 2.84. The summed E-state index contributed by atoms with van der Waals surface area (Å²) in [6.07, 6.45) is 3.45. The van der Waals surface area contributed by atoms with Crippen molar-refractivity contribution in [2.45, 2.75) is 65.0 Å². The summed E-state index contributed by atoms with van der Waals surface area (Å²) in [5.41, 5.74) is -0.546. The highest BCUT2D eigenvalue weighted by Gasteiger charge is 2.54. The Hall–Kier alpha value is -1.89. The fourth-order valence-corrected chi connectivity index (χ4v) is 4.77. The van der Waals surface area contributed by atoms with E-state index in [4.69, 9.17) is 4.74 Å². The summed E-state index contributed by atoms with van der Waals surface area (Å²) in [5.74, 6) is 0.378. The fraction of sp³-hybridized carbons (Fsp3) is 0.750. The van der Waals surface area contributed by atoms with Crippen LogP contribution >= 0.6 is 0 Å². The third-order valence-electron chi connectivity index (χ3n) is 6.05. The van der Waals surface area contributed by atoms with Crippen molar-refractivity contribution in [2.24, 2.45) is 5.41 Å². The molecule has 3 aliphatic rings. The van der Waals surface area contributed by atoms with Crippen LogP contribution in [0.2, 0.25) is 0 Å². The molecule has 0 radical (unpaired) electrons. The quantitative estimate of drug-likeness (QED) is 0.558. The third kappa shape index (κ3) is 3.88. The lowest BCUT2D eigenvalue weighted by Gasteiger charge is -2.45. The topological polar surface area (TPSA) is 70.2 Å². The third-order valence-corrected chi connectivity index (χ3v) is 6.05. The van der Waals surface area contributed by atoms with E-state index in [-0.39, 0.29) is 23.9 Å². The maximum atomic E-state index is 13.0. The second-order valence-corrected chi connectivity index (χ2v) is 8.48. The molecule has 0 saturated carbocycles. The van der Waals surface area contributed by atoms with Crippen molar-refractivity contribution >= 4 is 17.9 Å². The molecule has 1 unspecified atom stereocenters. The van der Waals surface area contributed by atoms with E-state index in [1.54, 1.807) is 11.8 Å². The van der Waals surface area contributed by atoms with E-state index in [0.717, 1.165) is 32.2 Å². The second kappa shape index (κ2) is 7.62. The number of hydrogen-bond donors (Lipinski definition) is 0. The van der Waals surface area contributed by atoms with Crippen molar-refractivity contribution in [1.29, 1.82) is 0 Å². The SMILES string of the molecule is C=C(C)OC(=O)N1CCC(N2CCCC3(CC(=O)N(C(C)C)C3=O)C2)CC1. The Kier molecular flexibility index (Phi) is 5.60. The molecule has 0 aromatic heterocycles. The maximum absolute atomic E-state index is 13.0. The highest BCUT2D eigenvalue weighted by atomic mass is 16.6. The van der Waals surface area contributed by atoms with Crippen LogP contribution in [-0.2, 0) is 14.3 Å². The molecular formula is C20H31N3O4. The largest absolute Gasteiger partial charge is 0.416 e. The Balaban J connectivity index is 1.61. The fourth-order valence-electron chi connectivity index (χ4n) is 4.77. The number of amides is 3. The number of likely N-dealkylation sites (tertiary alicyclic amines) is 3. The van der Waals surface area contributed by atoms with Crippen LogP contribution in [0.4, 0.5) is 4.79 Å². The van der Waals surface area contributed by atoms with Gasteiger partial charge in [-0.2, -0.15) is 0 Å². The highest BCUT2D eigenvalue weighted by Crippen LogP contribution is 2.42.